The molecule has 2 atom stereocenters. The lowest BCUT2D eigenvalue weighted by Gasteiger charge is -1.97. The summed E-state index contributed by atoms with van der Waals surface area (Å²) in [5.74, 6) is 0.157. The Morgan fingerprint density at radius 2 is 1.92 bits per heavy atom. The molecule has 3 heteroatoms. The van der Waals surface area contributed by atoms with Crippen molar-refractivity contribution in [1.29, 1.82) is 0 Å². The van der Waals surface area contributed by atoms with Crippen molar-refractivity contribution in [3.8, 4) is 0 Å². The Hall–Kier alpha value is -0.860. The normalized spacial score (nSPS) is 25.7. The first kappa shape index (κ1) is 8.73. The molecule has 0 radical (unpaired) electrons. The standard InChI is InChI=1S/C10H10ClNO/c1-6-9(12-6)10(13)7-2-4-8(11)5-3-7/h2-6,9,12H,1H3/t6-,9+/m0/s1. The first-order valence-electron chi connectivity index (χ1n) is 4.24. The van der Waals surface area contributed by atoms with Gasteiger partial charge in [0.2, 0.25) is 0 Å². The summed E-state index contributed by atoms with van der Waals surface area (Å²) in [5, 5.41) is 3.72. The Morgan fingerprint density at radius 1 is 1.38 bits per heavy atom. The highest BCUT2D eigenvalue weighted by Gasteiger charge is 2.38. The third-order valence-electron chi connectivity index (χ3n) is 2.24. The quantitative estimate of drug-likeness (QED) is 0.578. The van der Waals surface area contributed by atoms with E-state index in [1.807, 2.05) is 6.92 Å². The molecule has 0 amide bonds. The van der Waals surface area contributed by atoms with Crippen LogP contribution in [-0.2, 0) is 0 Å². The maximum absolute atomic E-state index is 11.6. The molecule has 0 aliphatic carbocycles. The minimum atomic E-state index is 0.0150. The average molecular weight is 196 g/mol. The van der Waals surface area contributed by atoms with E-state index in [1.165, 1.54) is 0 Å². The van der Waals surface area contributed by atoms with Crippen molar-refractivity contribution >= 4 is 17.4 Å². The first-order chi connectivity index (χ1) is 6.18. The van der Waals surface area contributed by atoms with Gasteiger partial charge in [-0.25, -0.2) is 0 Å². The lowest BCUT2D eigenvalue weighted by Crippen LogP contribution is -2.10. The second-order valence-corrected chi connectivity index (χ2v) is 3.74. The molecule has 0 spiro atoms. The molecule has 1 heterocycles. The molecule has 2 rings (SSSR count). The molecular weight excluding hydrogens is 186 g/mol. The summed E-state index contributed by atoms with van der Waals surface area (Å²) in [6.07, 6.45) is 0. The number of ketones is 1. The summed E-state index contributed by atoms with van der Waals surface area (Å²) in [4.78, 5) is 11.6. The van der Waals surface area contributed by atoms with Crippen LogP contribution in [0.25, 0.3) is 0 Å². The Bertz CT molecular complexity index is 333. The van der Waals surface area contributed by atoms with Gasteiger partial charge in [-0.05, 0) is 31.2 Å². The smallest absolute Gasteiger partial charge is 0.181 e. The molecule has 1 N–H and O–H groups in total. The van der Waals surface area contributed by atoms with E-state index in [-0.39, 0.29) is 11.8 Å². The van der Waals surface area contributed by atoms with E-state index in [1.54, 1.807) is 24.3 Å². The van der Waals surface area contributed by atoms with Gasteiger partial charge in [0.05, 0.1) is 6.04 Å². The number of benzene rings is 1. The van der Waals surface area contributed by atoms with Crippen molar-refractivity contribution in [2.45, 2.75) is 19.0 Å². The summed E-state index contributed by atoms with van der Waals surface area (Å²) in [5.41, 5.74) is 0.728. The highest BCUT2D eigenvalue weighted by molar-refractivity contribution is 6.30. The largest absolute Gasteiger partial charge is 0.301 e. The summed E-state index contributed by atoms with van der Waals surface area (Å²) >= 11 is 5.71. The number of carbonyl (C=O) groups is 1. The Balaban J connectivity index is 2.17. The lowest BCUT2D eigenvalue weighted by atomic mass is 10.1. The van der Waals surface area contributed by atoms with Crippen molar-refractivity contribution in [2.75, 3.05) is 0 Å². The molecule has 1 aromatic rings. The fraction of sp³-hybridized carbons (Fsp3) is 0.300. The van der Waals surface area contributed by atoms with E-state index in [0.29, 0.717) is 11.1 Å². The number of Topliss-reactive ketones (excluding diaryl/α,β-unsaturated/α-hetero) is 1. The van der Waals surface area contributed by atoms with Gasteiger partial charge in [0.1, 0.15) is 0 Å². The van der Waals surface area contributed by atoms with Gasteiger partial charge in [-0.2, -0.15) is 0 Å². The molecule has 13 heavy (non-hydrogen) atoms. The summed E-state index contributed by atoms with van der Waals surface area (Å²) in [7, 11) is 0. The maximum Gasteiger partial charge on any atom is 0.181 e. The van der Waals surface area contributed by atoms with Gasteiger partial charge >= 0.3 is 0 Å². The van der Waals surface area contributed by atoms with Gasteiger partial charge in [-0.3, -0.25) is 4.79 Å². The maximum atomic E-state index is 11.6. The molecule has 2 nitrogen and oxygen atoms in total. The van der Waals surface area contributed by atoms with Crippen molar-refractivity contribution in [1.82, 2.24) is 5.32 Å². The average Bonchev–Trinajstić information content (AvgIpc) is 2.83. The zero-order valence-corrected chi connectivity index (χ0v) is 8.01. The molecule has 68 valence electrons. The van der Waals surface area contributed by atoms with E-state index in [0.717, 1.165) is 5.56 Å². The van der Waals surface area contributed by atoms with E-state index in [9.17, 15) is 4.79 Å². The number of rotatable bonds is 2. The number of halogens is 1. The van der Waals surface area contributed by atoms with E-state index in [2.05, 4.69) is 5.32 Å². The number of nitrogens with one attached hydrogen (secondary N) is 1. The first-order valence-corrected chi connectivity index (χ1v) is 4.62. The fourth-order valence-corrected chi connectivity index (χ4v) is 1.45. The van der Waals surface area contributed by atoms with Gasteiger partial charge in [-0.1, -0.05) is 11.6 Å². The molecule has 0 bridgehead atoms. The van der Waals surface area contributed by atoms with Crippen LogP contribution < -0.4 is 5.32 Å². The van der Waals surface area contributed by atoms with Crippen molar-refractivity contribution in [3.63, 3.8) is 0 Å². The molecule has 0 unspecified atom stereocenters. The monoisotopic (exact) mass is 195 g/mol. The second-order valence-electron chi connectivity index (χ2n) is 3.30. The van der Waals surface area contributed by atoms with Gasteiger partial charge in [0, 0.05) is 16.6 Å². The van der Waals surface area contributed by atoms with Crippen LogP contribution in [-0.4, -0.2) is 17.9 Å². The SMILES string of the molecule is C[C@@H]1N[C@H]1C(=O)c1ccc(Cl)cc1. The van der Waals surface area contributed by atoms with Crippen molar-refractivity contribution in [3.05, 3.63) is 34.9 Å². The van der Waals surface area contributed by atoms with Crippen LogP contribution in [0.4, 0.5) is 0 Å². The molecular formula is C10H10ClNO. The zero-order chi connectivity index (χ0) is 9.42. The number of carbonyl (C=O) groups excluding carboxylic acids is 1. The van der Waals surface area contributed by atoms with Crippen LogP contribution in [0.2, 0.25) is 5.02 Å². The van der Waals surface area contributed by atoms with Crippen LogP contribution in [0.1, 0.15) is 17.3 Å². The third-order valence-corrected chi connectivity index (χ3v) is 2.50. The van der Waals surface area contributed by atoms with Crippen LogP contribution in [0.5, 0.6) is 0 Å². The van der Waals surface area contributed by atoms with Crippen molar-refractivity contribution < 1.29 is 4.79 Å². The van der Waals surface area contributed by atoms with Crippen molar-refractivity contribution in [2.24, 2.45) is 0 Å². The summed E-state index contributed by atoms with van der Waals surface area (Å²) in [6.45, 7) is 2.00. The Labute approximate surface area is 81.9 Å². The Morgan fingerprint density at radius 3 is 2.38 bits per heavy atom. The minimum Gasteiger partial charge on any atom is -0.301 e. The molecule has 1 fully saturated rings. The van der Waals surface area contributed by atoms with Gasteiger partial charge < -0.3 is 5.32 Å². The summed E-state index contributed by atoms with van der Waals surface area (Å²) < 4.78 is 0. The highest BCUT2D eigenvalue weighted by Crippen LogP contribution is 2.17. The molecule has 1 aliphatic rings. The second kappa shape index (κ2) is 3.13. The predicted octanol–water partition coefficient (Wildman–Crippen LogP) is 1.88. The van der Waals surface area contributed by atoms with Gasteiger partial charge in [-0.15, -0.1) is 0 Å². The molecule has 0 aromatic heterocycles. The molecule has 1 aromatic carbocycles. The summed E-state index contributed by atoms with van der Waals surface area (Å²) in [6, 6.07) is 7.34. The van der Waals surface area contributed by atoms with E-state index in [4.69, 9.17) is 11.6 Å². The molecule has 0 saturated carbocycles. The zero-order valence-electron chi connectivity index (χ0n) is 7.25. The molecule has 1 saturated heterocycles. The highest BCUT2D eigenvalue weighted by atomic mass is 35.5. The van der Waals surface area contributed by atoms with Gasteiger partial charge in [0.15, 0.2) is 5.78 Å². The number of hydrogen-bond acceptors (Lipinski definition) is 2. The Kier molecular flexibility index (Phi) is 2.10. The molecule has 1 aliphatic heterocycles. The lowest BCUT2D eigenvalue weighted by molar-refractivity contribution is 0.0988. The van der Waals surface area contributed by atoms with Crippen LogP contribution in [0, 0.1) is 0 Å². The van der Waals surface area contributed by atoms with Crippen LogP contribution >= 0.6 is 11.6 Å². The fourth-order valence-electron chi connectivity index (χ4n) is 1.32. The van der Waals surface area contributed by atoms with Gasteiger partial charge in [0.25, 0.3) is 0 Å². The minimum absolute atomic E-state index is 0.0150. The topological polar surface area (TPSA) is 39.0 Å². The number of hydrogen-bond donors (Lipinski definition) is 1. The predicted molar refractivity (Wildman–Crippen MR) is 52.2 cm³/mol. The van der Waals surface area contributed by atoms with Crippen LogP contribution in [0.15, 0.2) is 24.3 Å². The van der Waals surface area contributed by atoms with E-state index < -0.39 is 0 Å². The van der Waals surface area contributed by atoms with Crippen LogP contribution in [0.3, 0.4) is 0 Å². The third kappa shape index (κ3) is 1.74. The van der Waals surface area contributed by atoms with E-state index >= 15 is 0 Å².